The van der Waals surface area contributed by atoms with Gasteiger partial charge in [0.1, 0.15) is 5.76 Å². The Labute approximate surface area is 205 Å². The molecule has 8 heteroatoms. The second-order valence-corrected chi connectivity index (χ2v) is 8.31. The number of ketones is 1. The Bertz CT molecular complexity index is 1060. The average molecular weight is 487 g/mol. The van der Waals surface area contributed by atoms with E-state index in [2.05, 4.69) is 4.90 Å². The highest BCUT2D eigenvalue weighted by Gasteiger charge is 2.46. The Morgan fingerprint density at radius 3 is 2.32 bits per heavy atom. The maximum absolute atomic E-state index is 13.2. The van der Waals surface area contributed by atoms with E-state index in [4.69, 9.17) is 21.1 Å². The van der Waals surface area contributed by atoms with Gasteiger partial charge >= 0.3 is 0 Å². The molecule has 1 aliphatic rings. The first-order valence-electron chi connectivity index (χ1n) is 11.4. The number of amides is 1. The quantitative estimate of drug-likeness (QED) is 0.302. The molecule has 1 amide bonds. The topological polar surface area (TPSA) is 79.3 Å². The second-order valence-electron chi connectivity index (χ2n) is 7.87. The summed E-state index contributed by atoms with van der Waals surface area (Å²) in [6.45, 7) is 9.03. The molecule has 1 atom stereocenters. The highest BCUT2D eigenvalue weighted by molar-refractivity contribution is 6.46. The van der Waals surface area contributed by atoms with Gasteiger partial charge in [-0.2, -0.15) is 0 Å². The number of hydrogen-bond acceptors (Lipinski definition) is 6. The molecule has 2 aromatic rings. The predicted molar refractivity (Wildman–Crippen MR) is 132 cm³/mol. The first-order chi connectivity index (χ1) is 16.4. The summed E-state index contributed by atoms with van der Waals surface area (Å²) in [6, 6.07) is 11.0. The van der Waals surface area contributed by atoms with E-state index in [-0.39, 0.29) is 11.3 Å². The molecule has 0 radical (unpaired) electrons. The zero-order valence-electron chi connectivity index (χ0n) is 20.0. The van der Waals surface area contributed by atoms with Crippen LogP contribution in [-0.2, 0) is 9.59 Å². The molecule has 1 aliphatic heterocycles. The van der Waals surface area contributed by atoms with Gasteiger partial charge in [0, 0.05) is 23.7 Å². The fraction of sp³-hybridized carbons (Fsp3) is 0.385. The van der Waals surface area contributed by atoms with E-state index in [1.54, 1.807) is 42.5 Å². The minimum atomic E-state index is -0.768. The number of likely N-dealkylation sites (N-methyl/N-ethyl adjacent to an activating group) is 1. The van der Waals surface area contributed by atoms with Crippen LogP contribution < -0.4 is 9.47 Å². The molecule has 0 aromatic heterocycles. The summed E-state index contributed by atoms with van der Waals surface area (Å²) in [6.07, 6.45) is 0. The van der Waals surface area contributed by atoms with E-state index in [1.165, 1.54) is 12.0 Å². The number of halogens is 1. The summed E-state index contributed by atoms with van der Waals surface area (Å²) in [4.78, 5) is 30.0. The fourth-order valence-electron chi connectivity index (χ4n) is 4.14. The van der Waals surface area contributed by atoms with Crippen molar-refractivity contribution in [2.24, 2.45) is 0 Å². The molecule has 0 bridgehead atoms. The maximum atomic E-state index is 13.2. The lowest BCUT2D eigenvalue weighted by Crippen LogP contribution is -2.38. The standard InChI is InChI=1S/C26H31ClN2O5/c1-5-28(6-2)14-15-29-23(18-10-13-20(34-7-3)21(16-18)33-4)22(25(31)26(29)32)24(30)17-8-11-19(27)12-9-17/h8-13,16,23,30H,5-7,14-15H2,1-4H3/t23-/m0/s1. The Balaban J connectivity index is 2.14. The minimum absolute atomic E-state index is 0.0399. The van der Waals surface area contributed by atoms with Crippen LogP contribution >= 0.6 is 11.6 Å². The number of hydrogen-bond donors (Lipinski definition) is 1. The molecule has 3 rings (SSSR count). The van der Waals surface area contributed by atoms with Crippen molar-refractivity contribution >= 4 is 29.1 Å². The molecular weight excluding hydrogens is 456 g/mol. The number of carbonyl (C=O) groups is 2. The minimum Gasteiger partial charge on any atom is -0.507 e. The van der Waals surface area contributed by atoms with E-state index >= 15 is 0 Å². The van der Waals surface area contributed by atoms with Gasteiger partial charge in [-0.3, -0.25) is 9.59 Å². The van der Waals surface area contributed by atoms with Crippen molar-refractivity contribution in [2.75, 3.05) is 39.9 Å². The number of rotatable bonds is 10. The summed E-state index contributed by atoms with van der Waals surface area (Å²) >= 11 is 5.99. The van der Waals surface area contributed by atoms with Crippen LogP contribution in [0.15, 0.2) is 48.0 Å². The van der Waals surface area contributed by atoms with Crippen LogP contribution in [0.25, 0.3) is 5.76 Å². The van der Waals surface area contributed by atoms with E-state index in [9.17, 15) is 14.7 Å². The van der Waals surface area contributed by atoms with Gasteiger partial charge in [-0.15, -0.1) is 0 Å². The number of aliphatic hydroxyl groups excluding tert-OH is 1. The van der Waals surface area contributed by atoms with Crippen LogP contribution in [0.1, 0.15) is 37.9 Å². The number of ether oxygens (including phenoxy) is 2. The summed E-state index contributed by atoms with van der Waals surface area (Å²) < 4.78 is 11.1. The van der Waals surface area contributed by atoms with Crippen LogP contribution in [0.4, 0.5) is 0 Å². The van der Waals surface area contributed by atoms with Crippen LogP contribution in [-0.4, -0.2) is 66.5 Å². The lowest BCUT2D eigenvalue weighted by atomic mass is 9.95. The van der Waals surface area contributed by atoms with Crippen LogP contribution in [0.2, 0.25) is 5.02 Å². The SMILES string of the molecule is CCOc1ccc([C@H]2C(=C(O)c3ccc(Cl)cc3)C(=O)C(=O)N2CCN(CC)CC)cc1OC. The van der Waals surface area contributed by atoms with E-state index < -0.39 is 17.7 Å². The van der Waals surface area contributed by atoms with Crippen molar-refractivity contribution < 1.29 is 24.2 Å². The lowest BCUT2D eigenvalue weighted by molar-refractivity contribution is -0.140. The molecule has 1 heterocycles. The van der Waals surface area contributed by atoms with Gasteiger partial charge in [0.15, 0.2) is 11.5 Å². The molecule has 7 nitrogen and oxygen atoms in total. The molecule has 182 valence electrons. The highest BCUT2D eigenvalue weighted by atomic mass is 35.5. The van der Waals surface area contributed by atoms with Gasteiger partial charge in [0.05, 0.1) is 25.3 Å². The van der Waals surface area contributed by atoms with Gasteiger partial charge in [-0.1, -0.05) is 31.5 Å². The Morgan fingerprint density at radius 2 is 1.74 bits per heavy atom. The van der Waals surface area contributed by atoms with Gasteiger partial charge in [-0.05, 0) is 62.0 Å². The molecule has 2 aromatic carbocycles. The average Bonchev–Trinajstić information content (AvgIpc) is 3.10. The summed E-state index contributed by atoms with van der Waals surface area (Å²) in [7, 11) is 1.53. The number of nitrogens with zero attached hydrogens (tertiary/aromatic N) is 2. The second kappa shape index (κ2) is 11.4. The third-order valence-electron chi connectivity index (χ3n) is 6.01. The number of likely N-dealkylation sites (tertiary alicyclic amines) is 1. The van der Waals surface area contributed by atoms with Crippen molar-refractivity contribution in [3.05, 3.63) is 64.2 Å². The van der Waals surface area contributed by atoms with Crippen molar-refractivity contribution in [1.29, 1.82) is 0 Å². The molecule has 0 aliphatic carbocycles. The maximum Gasteiger partial charge on any atom is 0.295 e. The molecular formula is C26H31ClN2O5. The fourth-order valence-corrected chi connectivity index (χ4v) is 4.26. The van der Waals surface area contributed by atoms with Crippen LogP contribution in [0.5, 0.6) is 11.5 Å². The van der Waals surface area contributed by atoms with Crippen molar-refractivity contribution in [3.63, 3.8) is 0 Å². The summed E-state index contributed by atoms with van der Waals surface area (Å²) in [5.74, 6) is -0.546. The Morgan fingerprint density at radius 1 is 1.06 bits per heavy atom. The first-order valence-corrected chi connectivity index (χ1v) is 11.8. The van der Waals surface area contributed by atoms with Crippen molar-refractivity contribution in [2.45, 2.75) is 26.8 Å². The monoisotopic (exact) mass is 486 g/mol. The Kier molecular flexibility index (Phi) is 8.58. The van der Waals surface area contributed by atoms with E-state index in [0.29, 0.717) is 47.3 Å². The third kappa shape index (κ3) is 5.21. The van der Waals surface area contributed by atoms with Gasteiger partial charge in [0.25, 0.3) is 11.7 Å². The molecule has 1 N–H and O–H groups in total. The first kappa shape index (κ1) is 25.6. The molecule has 34 heavy (non-hydrogen) atoms. The van der Waals surface area contributed by atoms with E-state index in [0.717, 1.165) is 13.1 Å². The van der Waals surface area contributed by atoms with E-state index in [1.807, 2.05) is 20.8 Å². The van der Waals surface area contributed by atoms with Crippen LogP contribution in [0, 0.1) is 0 Å². The molecule has 1 saturated heterocycles. The van der Waals surface area contributed by atoms with Gasteiger partial charge in [0.2, 0.25) is 0 Å². The highest BCUT2D eigenvalue weighted by Crippen LogP contribution is 2.42. The van der Waals surface area contributed by atoms with Gasteiger partial charge < -0.3 is 24.4 Å². The normalized spacial score (nSPS) is 17.5. The summed E-state index contributed by atoms with van der Waals surface area (Å²) in [5, 5.41) is 11.7. The van der Waals surface area contributed by atoms with Gasteiger partial charge in [-0.25, -0.2) is 0 Å². The number of benzene rings is 2. The smallest absolute Gasteiger partial charge is 0.295 e. The molecule has 1 fully saturated rings. The zero-order chi connectivity index (χ0) is 24.8. The summed E-state index contributed by atoms with van der Waals surface area (Å²) in [5.41, 5.74) is 1.10. The molecule has 0 saturated carbocycles. The molecule has 0 spiro atoms. The number of aliphatic hydroxyl groups is 1. The number of carbonyl (C=O) groups excluding carboxylic acids is 2. The van der Waals surface area contributed by atoms with Crippen LogP contribution in [0.3, 0.4) is 0 Å². The third-order valence-corrected chi connectivity index (χ3v) is 6.26. The Hall–Kier alpha value is -3.03. The zero-order valence-corrected chi connectivity index (χ0v) is 20.8. The molecule has 0 unspecified atom stereocenters. The number of Topliss-reactive ketones (excluding diaryl/α,β-unsaturated/α-hetero) is 1. The number of methoxy groups -OCH3 is 1. The predicted octanol–water partition coefficient (Wildman–Crippen LogP) is 4.51. The van der Waals surface area contributed by atoms with Crippen molar-refractivity contribution in [1.82, 2.24) is 9.80 Å². The lowest BCUT2D eigenvalue weighted by Gasteiger charge is -2.28. The van der Waals surface area contributed by atoms with Crippen molar-refractivity contribution in [3.8, 4) is 11.5 Å². The largest absolute Gasteiger partial charge is 0.507 e.